The lowest BCUT2D eigenvalue weighted by Crippen LogP contribution is -2.35. The average Bonchev–Trinajstić information content (AvgIpc) is 2.90. The number of hydrogen-bond acceptors (Lipinski definition) is 5. The molecule has 2 rings (SSSR count). The van der Waals surface area contributed by atoms with Crippen LogP contribution in [0.4, 0.5) is 10.5 Å². The molecule has 196 valence electrons. The van der Waals surface area contributed by atoms with Gasteiger partial charge in [0.1, 0.15) is 6.61 Å². The van der Waals surface area contributed by atoms with Crippen LogP contribution in [0.5, 0.6) is 0 Å². The number of benzene rings is 2. The summed E-state index contributed by atoms with van der Waals surface area (Å²) in [5, 5.41) is 5.44. The zero-order valence-corrected chi connectivity index (χ0v) is 21.6. The van der Waals surface area contributed by atoms with Gasteiger partial charge in [-0.05, 0) is 29.7 Å². The number of carbonyl (C=O) groups excluding carboxylic acids is 3. The molecule has 1 atom stereocenters. The first kappa shape index (κ1) is 28.9. The zero-order chi connectivity index (χ0) is 26.0. The van der Waals surface area contributed by atoms with Crippen molar-refractivity contribution < 1.29 is 23.9 Å². The van der Waals surface area contributed by atoms with Crippen molar-refractivity contribution in [1.82, 2.24) is 5.32 Å². The van der Waals surface area contributed by atoms with Crippen LogP contribution in [0.1, 0.15) is 88.3 Å². The van der Waals surface area contributed by atoms with Gasteiger partial charge in [-0.2, -0.15) is 0 Å². The standard InChI is InChI=1S/C29H40N2O5/c1-3-4-5-6-7-8-9-10-14-20-26(32)30-25-19-15-18-24(21-25)27(28(33)35-2)31-29(34)36-22-23-16-12-11-13-17-23/h11-13,15-19,21,27H,3-10,14,20,22H2,1-2H3,(H,30,32)(H,31,34)/t27-/m1/s1. The summed E-state index contributed by atoms with van der Waals surface area (Å²) >= 11 is 0. The van der Waals surface area contributed by atoms with E-state index in [2.05, 4.69) is 17.6 Å². The molecule has 0 heterocycles. The minimum atomic E-state index is -1.06. The van der Waals surface area contributed by atoms with E-state index in [-0.39, 0.29) is 12.5 Å². The fourth-order valence-corrected chi connectivity index (χ4v) is 3.89. The summed E-state index contributed by atoms with van der Waals surface area (Å²) in [6.07, 6.45) is 10.4. The van der Waals surface area contributed by atoms with Crippen LogP contribution in [-0.4, -0.2) is 25.1 Å². The highest BCUT2D eigenvalue weighted by Crippen LogP contribution is 2.20. The number of methoxy groups -OCH3 is 1. The zero-order valence-electron chi connectivity index (χ0n) is 21.6. The third-order valence-electron chi connectivity index (χ3n) is 5.92. The van der Waals surface area contributed by atoms with Crippen LogP contribution in [0.3, 0.4) is 0 Å². The molecule has 0 aliphatic carbocycles. The topological polar surface area (TPSA) is 93.7 Å². The van der Waals surface area contributed by atoms with Crippen molar-refractivity contribution in [2.24, 2.45) is 0 Å². The van der Waals surface area contributed by atoms with Gasteiger partial charge in [0.15, 0.2) is 6.04 Å². The van der Waals surface area contributed by atoms with Crippen LogP contribution in [0.2, 0.25) is 0 Å². The second-order valence-corrected chi connectivity index (χ2v) is 8.91. The molecule has 0 bridgehead atoms. The third-order valence-corrected chi connectivity index (χ3v) is 5.92. The fraction of sp³-hybridized carbons (Fsp3) is 0.483. The Hall–Kier alpha value is -3.35. The van der Waals surface area contributed by atoms with E-state index in [4.69, 9.17) is 9.47 Å². The van der Waals surface area contributed by atoms with Gasteiger partial charge in [-0.25, -0.2) is 9.59 Å². The summed E-state index contributed by atoms with van der Waals surface area (Å²) in [5.74, 6) is -0.704. The lowest BCUT2D eigenvalue weighted by molar-refractivity contribution is -0.143. The van der Waals surface area contributed by atoms with Gasteiger partial charge in [-0.15, -0.1) is 0 Å². The molecule has 7 nitrogen and oxygen atoms in total. The predicted molar refractivity (Wildman–Crippen MR) is 141 cm³/mol. The molecule has 0 aliphatic rings. The first-order valence-corrected chi connectivity index (χ1v) is 13.0. The maximum Gasteiger partial charge on any atom is 0.408 e. The molecule has 2 aromatic rings. The highest BCUT2D eigenvalue weighted by molar-refractivity contribution is 5.91. The SMILES string of the molecule is CCCCCCCCCCCC(=O)Nc1cccc([C@@H](NC(=O)OCc2ccccc2)C(=O)OC)c1. The van der Waals surface area contributed by atoms with Crippen LogP contribution >= 0.6 is 0 Å². The highest BCUT2D eigenvalue weighted by Gasteiger charge is 2.24. The van der Waals surface area contributed by atoms with E-state index in [0.29, 0.717) is 17.7 Å². The molecule has 2 N–H and O–H groups in total. The molecule has 0 aliphatic heterocycles. The van der Waals surface area contributed by atoms with Crippen LogP contribution < -0.4 is 10.6 Å². The Bertz CT molecular complexity index is 932. The van der Waals surface area contributed by atoms with E-state index >= 15 is 0 Å². The first-order valence-electron chi connectivity index (χ1n) is 13.0. The van der Waals surface area contributed by atoms with E-state index in [0.717, 1.165) is 24.8 Å². The molecule has 7 heteroatoms. The van der Waals surface area contributed by atoms with Crippen molar-refractivity contribution in [2.45, 2.75) is 83.8 Å². The molecule has 2 amide bonds. The molecule has 0 saturated heterocycles. The second-order valence-electron chi connectivity index (χ2n) is 8.91. The lowest BCUT2D eigenvalue weighted by Gasteiger charge is -2.18. The Labute approximate surface area is 215 Å². The van der Waals surface area contributed by atoms with Crippen LogP contribution in [0, 0.1) is 0 Å². The molecule has 2 aromatic carbocycles. The number of ether oxygens (including phenoxy) is 2. The number of anilines is 1. The number of carbonyl (C=O) groups is 3. The van der Waals surface area contributed by atoms with Crippen molar-refractivity contribution in [3.63, 3.8) is 0 Å². The smallest absolute Gasteiger partial charge is 0.408 e. The summed E-state index contributed by atoms with van der Waals surface area (Å²) < 4.78 is 10.1. The Morgan fingerprint density at radius 1 is 0.833 bits per heavy atom. The number of hydrogen-bond donors (Lipinski definition) is 2. The Morgan fingerprint density at radius 3 is 2.17 bits per heavy atom. The lowest BCUT2D eigenvalue weighted by atomic mass is 10.1. The van der Waals surface area contributed by atoms with Gasteiger partial charge in [-0.3, -0.25) is 4.79 Å². The van der Waals surface area contributed by atoms with Gasteiger partial charge in [0.05, 0.1) is 7.11 Å². The van der Waals surface area contributed by atoms with E-state index in [1.165, 1.54) is 45.6 Å². The highest BCUT2D eigenvalue weighted by atomic mass is 16.6. The van der Waals surface area contributed by atoms with Gasteiger partial charge in [0.2, 0.25) is 5.91 Å². The van der Waals surface area contributed by atoms with E-state index in [1.807, 2.05) is 30.3 Å². The number of rotatable bonds is 16. The summed E-state index contributed by atoms with van der Waals surface area (Å²) in [6, 6.07) is 15.0. The maximum absolute atomic E-state index is 12.4. The number of esters is 1. The average molecular weight is 497 g/mol. The minimum Gasteiger partial charge on any atom is -0.467 e. The van der Waals surface area contributed by atoms with E-state index in [1.54, 1.807) is 24.3 Å². The molecule has 0 fully saturated rings. The summed E-state index contributed by atoms with van der Waals surface area (Å²) in [6.45, 7) is 2.30. The van der Waals surface area contributed by atoms with Gasteiger partial charge < -0.3 is 20.1 Å². The van der Waals surface area contributed by atoms with E-state index < -0.39 is 18.1 Å². The Morgan fingerprint density at radius 2 is 1.50 bits per heavy atom. The monoisotopic (exact) mass is 496 g/mol. The summed E-state index contributed by atoms with van der Waals surface area (Å²) in [5.41, 5.74) is 1.88. The molecule has 0 radical (unpaired) electrons. The summed E-state index contributed by atoms with van der Waals surface area (Å²) in [4.78, 5) is 37.1. The second kappa shape index (κ2) is 17.1. The van der Waals surface area contributed by atoms with Gasteiger partial charge in [0.25, 0.3) is 0 Å². The van der Waals surface area contributed by atoms with Gasteiger partial charge in [-0.1, -0.05) is 101 Å². The first-order chi connectivity index (χ1) is 17.5. The molecule has 0 unspecified atom stereocenters. The van der Waals surface area contributed by atoms with Crippen molar-refractivity contribution in [2.75, 3.05) is 12.4 Å². The van der Waals surface area contributed by atoms with Crippen molar-refractivity contribution in [3.8, 4) is 0 Å². The normalized spacial score (nSPS) is 11.4. The van der Waals surface area contributed by atoms with Crippen molar-refractivity contribution in [3.05, 3.63) is 65.7 Å². The molecule has 0 saturated carbocycles. The van der Waals surface area contributed by atoms with Gasteiger partial charge >= 0.3 is 12.1 Å². The predicted octanol–water partition coefficient (Wildman–Crippen LogP) is 6.69. The molecule has 36 heavy (non-hydrogen) atoms. The Kier molecular flexibility index (Phi) is 13.8. The molecule has 0 spiro atoms. The quantitative estimate of drug-likeness (QED) is 0.200. The van der Waals surface area contributed by atoms with Crippen molar-refractivity contribution in [1.29, 1.82) is 0 Å². The molecule has 0 aromatic heterocycles. The minimum absolute atomic E-state index is 0.0695. The fourth-order valence-electron chi connectivity index (χ4n) is 3.89. The van der Waals surface area contributed by atoms with Crippen molar-refractivity contribution >= 4 is 23.7 Å². The molecular weight excluding hydrogens is 456 g/mol. The van der Waals surface area contributed by atoms with Gasteiger partial charge in [0, 0.05) is 12.1 Å². The number of alkyl carbamates (subject to hydrolysis) is 1. The van der Waals surface area contributed by atoms with E-state index in [9.17, 15) is 14.4 Å². The summed E-state index contributed by atoms with van der Waals surface area (Å²) in [7, 11) is 1.25. The maximum atomic E-state index is 12.4. The number of nitrogens with one attached hydrogen (secondary N) is 2. The largest absolute Gasteiger partial charge is 0.467 e. The van der Waals surface area contributed by atoms with Crippen LogP contribution in [-0.2, 0) is 25.7 Å². The third kappa shape index (κ3) is 11.4. The van der Waals surface area contributed by atoms with Crippen LogP contribution in [0.25, 0.3) is 0 Å². The Balaban J connectivity index is 1.81. The molecular formula is C29H40N2O5. The number of amides is 2. The number of unbranched alkanes of at least 4 members (excludes halogenated alkanes) is 8. The van der Waals surface area contributed by atoms with Crippen LogP contribution in [0.15, 0.2) is 54.6 Å².